The summed E-state index contributed by atoms with van der Waals surface area (Å²) < 4.78 is 0. The molecule has 1 heterocycles. The number of nitrogens with zero attached hydrogens (tertiary/aromatic N) is 1. The van der Waals surface area contributed by atoms with Crippen molar-refractivity contribution < 1.29 is 9.59 Å². The average molecular weight is 251 g/mol. The van der Waals surface area contributed by atoms with Gasteiger partial charge in [0.05, 0.1) is 6.42 Å². The minimum Gasteiger partial charge on any atom is -0.297 e. The van der Waals surface area contributed by atoms with Crippen LogP contribution in [0, 0.1) is 0 Å². The zero-order valence-electron chi connectivity index (χ0n) is 10.3. The molecule has 1 unspecified atom stereocenters. The van der Waals surface area contributed by atoms with Crippen molar-refractivity contribution in [3.05, 3.63) is 66.2 Å². The van der Waals surface area contributed by atoms with Gasteiger partial charge in [0.2, 0.25) is 5.91 Å². The van der Waals surface area contributed by atoms with Crippen molar-refractivity contribution in [3.63, 3.8) is 0 Å². The zero-order valence-corrected chi connectivity index (χ0v) is 10.3. The van der Waals surface area contributed by atoms with E-state index in [0.717, 1.165) is 11.3 Å². The van der Waals surface area contributed by atoms with Crippen LogP contribution in [0.15, 0.2) is 60.7 Å². The van der Waals surface area contributed by atoms with Crippen molar-refractivity contribution in [1.82, 2.24) is 0 Å². The van der Waals surface area contributed by atoms with Crippen LogP contribution < -0.4 is 4.90 Å². The summed E-state index contributed by atoms with van der Waals surface area (Å²) in [4.78, 5) is 25.8. The van der Waals surface area contributed by atoms with E-state index >= 15 is 0 Å². The second-order valence-electron chi connectivity index (χ2n) is 4.56. The molecule has 3 nitrogen and oxygen atoms in total. The van der Waals surface area contributed by atoms with Gasteiger partial charge in [0.1, 0.15) is 6.04 Å². The maximum absolute atomic E-state index is 12.1. The molecule has 1 amide bonds. The zero-order chi connectivity index (χ0) is 13.2. The molecule has 94 valence electrons. The average Bonchev–Trinajstić information content (AvgIpc) is 2.75. The first-order valence-electron chi connectivity index (χ1n) is 6.22. The number of ketones is 1. The normalized spacial score (nSPS) is 18.9. The number of benzene rings is 2. The highest BCUT2D eigenvalue weighted by atomic mass is 16.2. The van der Waals surface area contributed by atoms with E-state index < -0.39 is 6.04 Å². The summed E-state index contributed by atoms with van der Waals surface area (Å²) in [6.45, 7) is 0. The number of amides is 1. The topological polar surface area (TPSA) is 37.4 Å². The molecule has 0 N–H and O–H groups in total. The van der Waals surface area contributed by atoms with Gasteiger partial charge < -0.3 is 0 Å². The molecule has 19 heavy (non-hydrogen) atoms. The van der Waals surface area contributed by atoms with E-state index in [1.165, 1.54) is 0 Å². The molecule has 1 fully saturated rings. The van der Waals surface area contributed by atoms with E-state index in [9.17, 15) is 9.59 Å². The molecule has 0 saturated carbocycles. The number of rotatable bonds is 2. The first-order chi connectivity index (χ1) is 9.27. The predicted octanol–water partition coefficient (Wildman–Crippen LogP) is 2.73. The Bertz CT molecular complexity index is 552. The highest BCUT2D eigenvalue weighted by Gasteiger charge is 2.40. The molecule has 1 aliphatic rings. The standard InChI is InChI=1S/C16H13NO2/c18-14-11-15(19)17(13-9-5-2-6-10-13)16(14)12-7-3-1-4-8-12/h1-10,16H,11H2. The second-order valence-corrected chi connectivity index (χ2v) is 4.56. The Labute approximate surface area is 111 Å². The Morgan fingerprint density at radius 1 is 0.842 bits per heavy atom. The van der Waals surface area contributed by atoms with Gasteiger partial charge in [-0.15, -0.1) is 0 Å². The molecule has 1 aliphatic heterocycles. The molecule has 3 rings (SSSR count). The van der Waals surface area contributed by atoms with Crippen LogP contribution in [0.4, 0.5) is 5.69 Å². The Balaban J connectivity index is 2.06. The van der Waals surface area contributed by atoms with Gasteiger partial charge in [-0.3, -0.25) is 14.5 Å². The van der Waals surface area contributed by atoms with Gasteiger partial charge in [0.15, 0.2) is 5.78 Å². The maximum atomic E-state index is 12.1. The Hall–Kier alpha value is -2.42. The number of Topliss-reactive ketones (excluding diaryl/α,β-unsaturated/α-hetero) is 1. The summed E-state index contributed by atoms with van der Waals surface area (Å²) in [5.41, 5.74) is 1.63. The number of carbonyl (C=O) groups excluding carboxylic acids is 2. The summed E-state index contributed by atoms with van der Waals surface area (Å²) in [5, 5.41) is 0. The Kier molecular flexibility index (Phi) is 2.88. The van der Waals surface area contributed by atoms with Gasteiger partial charge in [-0.1, -0.05) is 48.5 Å². The fourth-order valence-corrected chi connectivity index (χ4v) is 2.47. The van der Waals surface area contributed by atoms with E-state index in [0.29, 0.717) is 0 Å². The van der Waals surface area contributed by atoms with Crippen LogP contribution in [-0.4, -0.2) is 11.7 Å². The lowest BCUT2D eigenvalue weighted by molar-refractivity contribution is -0.121. The SMILES string of the molecule is O=C1CC(=O)N(c2ccccc2)C1c1ccccc1. The molecule has 0 bridgehead atoms. The molecule has 1 atom stereocenters. The van der Waals surface area contributed by atoms with Crippen molar-refractivity contribution in [2.24, 2.45) is 0 Å². The van der Waals surface area contributed by atoms with Crippen LogP contribution >= 0.6 is 0 Å². The van der Waals surface area contributed by atoms with Crippen LogP contribution in [0.3, 0.4) is 0 Å². The molecule has 1 saturated heterocycles. The van der Waals surface area contributed by atoms with E-state index in [1.54, 1.807) is 4.90 Å². The molecule has 3 heteroatoms. The lowest BCUT2D eigenvalue weighted by Gasteiger charge is -2.23. The van der Waals surface area contributed by atoms with Gasteiger partial charge in [0, 0.05) is 5.69 Å². The molecular weight excluding hydrogens is 238 g/mol. The number of carbonyl (C=O) groups is 2. The molecular formula is C16H13NO2. The van der Waals surface area contributed by atoms with Gasteiger partial charge in [-0.25, -0.2) is 0 Å². The fraction of sp³-hybridized carbons (Fsp3) is 0.125. The van der Waals surface area contributed by atoms with Gasteiger partial charge in [0.25, 0.3) is 0 Å². The first kappa shape index (κ1) is 11.7. The van der Waals surface area contributed by atoms with Gasteiger partial charge in [-0.2, -0.15) is 0 Å². The molecule has 0 aliphatic carbocycles. The molecule has 0 spiro atoms. The van der Waals surface area contributed by atoms with E-state index in [4.69, 9.17) is 0 Å². The summed E-state index contributed by atoms with van der Waals surface area (Å²) in [5.74, 6) is -0.176. The van der Waals surface area contributed by atoms with Crippen molar-refractivity contribution in [2.45, 2.75) is 12.5 Å². The first-order valence-corrected chi connectivity index (χ1v) is 6.22. The smallest absolute Gasteiger partial charge is 0.235 e. The minimum atomic E-state index is -0.490. The minimum absolute atomic E-state index is 0.0194. The lowest BCUT2D eigenvalue weighted by Crippen LogP contribution is -2.28. The van der Waals surface area contributed by atoms with Crippen LogP contribution in [0.25, 0.3) is 0 Å². The third kappa shape index (κ3) is 2.03. The highest BCUT2D eigenvalue weighted by molar-refractivity contribution is 6.17. The summed E-state index contributed by atoms with van der Waals surface area (Å²) in [6.07, 6.45) is -0.0194. The quantitative estimate of drug-likeness (QED) is 0.770. The Morgan fingerprint density at radius 2 is 1.42 bits per heavy atom. The van der Waals surface area contributed by atoms with Crippen molar-refractivity contribution in [2.75, 3.05) is 4.90 Å². The number of para-hydroxylation sites is 1. The third-order valence-corrected chi connectivity index (χ3v) is 3.31. The Morgan fingerprint density at radius 3 is 2.05 bits per heavy atom. The number of hydrogen-bond donors (Lipinski definition) is 0. The van der Waals surface area contributed by atoms with Crippen molar-refractivity contribution >= 4 is 17.4 Å². The largest absolute Gasteiger partial charge is 0.297 e. The molecule has 0 radical (unpaired) electrons. The van der Waals surface area contributed by atoms with E-state index in [2.05, 4.69) is 0 Å². The van der Waals surface area contributed by atoms with Gasteiger partial charge >= 0.3 is 0 Å². The monoisotopic (exact) mass is 251 g/mol. The fourth-order valence-electron chi connectivity index (χ4n) is 2.47. The van der Waals surface area contributed by atoms with Gasteiger partial charge in [-0.05, 0) is 17.7 Å². The van der Waals surface area contributed by atoms with E-state index in [1.807, 2.05) is 60.7 Å². The van der Waals surface area contributed by atoms with Crippen LogP contribution in [-0.2, 0) is 9.59 Å². The summed E-state index contributed by atoms with van der Waals surface area (Å²) in [6, 6.07) is 18.3. The molecule has 0 aromatic heterocycles. The lowest BCUT2D eigenvalue weighted by atomic mass is 10.0. The molecule has 2 aromatic rings. The maximum Gasteiger partial charge on any atom is 0.235 e. The van der Waals surface area contributed by atoms with Crippen molar-refractivity contribution in [1.29, 1.82) is 0 Å². The van der Waals surface area contributed by atoms with Crippen LogP contribution in [0.5, 0.6) is 0 Å². The second kappa shape index (κ2) is 4.69. The number of hydrogen-bond acceptors (Lipinski definition) is 2. The van der Waals surface area contributed by atoms with E-state index in [-0.39, 0.29) is 18.1 Å². The van der Waals surface area contributed by atoms with Crippen molar-refractivity contribution in [3.8, 4) is 0 Å². The third-order valence-electron chi connectivity index (χ3n) is 3.31. The predicted molar refractivity (Wildman–Crippen MR) is 72.7 cm³/mol. The summed E-state index contributed by atoms with van der Waals surface area (Å²) >= 11 is 0. The van der Waals surface area contributed by atoms with Crippen LogP contribution in [0.1, 0.15) is 18.0 Å². The number of anilines is 1. The highest BCUT2D eigenvalue weighted by Crippen LogP contribution is 2.34. The molecule has 2 aromatic carbocycles. The van der Waals surface area contributed by atoms with Crippen LogP contribution in [0.2, 0.25) is 0 Å². The summed E-state index contributed by atoms with van der Waals surface area (Å²) in [7, 11) is 0.